The van der Waals surface area contributed by atoms with Crippen LogP contribution < -0.4 is 0 Å². The van der Waals surface area contributed by atoms with Crippen molar-refractivity contribution in [3.05, 3.63) is 35.9 Å². The van der Waals surface area contributed by atoms with Crippen LogP contribution in [0.4, 0.5) is 0 Å². The fourth-order valence-electron chi connectivity index (χ4n) is 4.26. The summed E-state index contributed by atoms with van der Waals surface area (Å²) in [5, 5.41) is 31.9. The molecule has 0 spiro atoms. The van der Waals surface area contributed by atoms with Gasteiger partial charge in [0.1, 0.15) is 31.0 Å². The van der Waals surface area contributed by atoms with Gasteiger partial charge in [-0.3, -0.25) is 14.4 Å². The highest BCUT2D eigenvalue weighted by Crippen LogP contribution is 2.32. The highest BCUT2D eigenvalue weighted by atomic mass is 16.8. The highest BCUT2D eigenvalue weighted by Gasteiger charge is 2.54. The Bertz CT molecular complexity index is 1020. The molecule has 3 rings (SSSR count). The number of benzene rings is 1. The van der Waals surface area contributed by atoms with E-state index in [9.17, 15) is 34.5 Å². The number of aliphatic hydroxyl groups excluding tert-OH is 3. The number of carbonyl (C=O) groups is 4. The lowest BCUT2D eigenvalue weighted by Crippen LogP contribution is -2.65. The van der Waals surface area contributed by atoms with Gasteiger partial charge in [0.25, 0.3) is 0 Å². The number of esters is 4. The third kappa shape index (κ3) is 7.71. The zero-order valence-corrected chi connectivity index (χ0v) is 21.7. The molecule has 0 radical (unpaired) electrons. The van der Waals surface area contributed by atoms with Crippen molar-refractivity contribution < 1.29 is 67.7 Å². The molecule has 2 aliphatic rings. The second kappa shape index (κ2) is 13.3. The van der Waals surface area contributed by atoms with E-state index in [1.54, 1.807) is 18.2 Å². The van der Waals surface area contributed by atoms with E-state index in [1.807, 2.05) is 0 Å². The summed E-state index contributed by atoms with van der Waals surface area (Å²) in [4.78, 5) is 47.5. The quantitative estimate of drug-likeness (QED) is 0.266. The molecule has 2 heterocycles. The Labute approximate surface area is 223 Å². The number of carbonyl (C=O) groups excluding carboxylic acids is 4. The minimum absolute atomic E-state index is 0.250. The normalized spacial score (nSPS) is 34.4. The van der Waals surface area contributed by atoms with E-state index in [2.05, 4.69) is 0 Å². The van der Waals surface area contributed by atoms with Gasteiger partial charge in [-0.2, -0.15) is 0 Å². The van der Waals surface area contributed by atoms with E-state index in [-0.39, 0.29) is 5.56 Å². The van der Waals surface area contributed by atoms with Crippen molar-refractivity contribution in [2.75, 3.05) is 6.61 Å². The highest BCUT2D eigenvalue weighted by molar-refractivity contribution is 5.89. The fraction of sp³-hybridized carbons (Fsp3) is 0.600. The van der Waals surface area contributed by atoms with Crippen LogP contribution in [0.5, 0.6) is 0 Å². The standard InChI is InChI=1S/C25H32O14/c1-11-19(35-12(2)26)21(36-13(3)27)22(37-14(4)28)25(34-11)39-20-18(30)17(29)16(38-24(20)32)10-33-23(31)15-8-6-5-7-9-15/h5-9,11,16-22,24-25,29-30,32H,10H2,1-4H3. The summed E-state index contributed by atoms with van der Waals surface area (Å²) in [6.45, 7) is 4.26. The van der Waals surface area contributed by atoms with Crippen molar-refractivity contribution in [2.45, 2.75) is 89.1 Å². The molecular formula is C25H32O14. The average molecular weight is 557 g/mol. The smallest absolute Gasteiger partial charge is 0.338 e. The lowest BCUT2D eigenvalue weighted by atomic mass is 9.97. The lowest BCUT2D eigenvalue weighted by Gasteiger charge is -2.46. The zero-order chi connectivity index (χ0) is 28.9. The van der Waals surface area contributed by atoms with E-state index < -0.39 is 91.9 Å². The Kier molecular flexibility index (Phi) is 10.4. The maximum atomic E-state index is 12.2. The van der Waals surface area contributed by atoms with E-state index in [1.165, 1.54) is 19.1 Å². The summed E-state index contributed by atoms with van der Waals surface area (Å²) >= 11 is 0. The van der Waals surface area contributed by atoms with Crippen LogP contribution in [0.2, 0.25) is 0 Å². The minimum atomic E-state index is -1.86. The Balaban J connectivity index is 1.74. The van der Waals surface area contributed by atoms with Crippen LogP contribution in [0.15, 0.2) is 30.3 Å². The van der Waals surface area contributed by atoms with Crippen molar-refractivity contribution >= 4 is 23.9 Å². The van der Waals surface area contributed by atoms with Crippen LogP contribution in [-0.4, -0.2) is 107 Å². The van der Waals surface area contributed by atoms with Crippen LogP contribution in [0, 0.1) is 0 Å². The van der Waals surface area contributed by atoms with Gasteiger partial charge in [-0.15, -0.1) is 0 Å². The first-order valence-corrected chi connectivity index (χ1v) is 12.1. The van der Waals surface area contributed by atoms with Crippen LogP contribution in [0.25, 0.3) is 0 Å². The van der Waals surface area contributed by atoms with Gasteiger partial charge in [-0.05, 0) is 19.1 Å². The molecule has 14 heteroatoms. The van der Waals surface area contributed by atoms with Crippen molar-refractivity contribution in [1.82, 2.24) is 0 Å². The molecule has 1 aromatic carbocycles. The second-order valence-electron chi connectivity index (χ2n) is 9.04. The SMILES string of the molecule is CC(=O)OC1C(C)OC(OC2C(O)OC(COC(=O)c3ccccc3)C(O)C2O)C(OC(C)=O)C1OC(C)=O. The molecule has 39 heavy (non-hydrogen) atoms. The number of aliphatic hydroxyl groups is 3. The summed E-state index contributed by atoms with van der Waals surface area (Å²) in [5.74, 6) is -3.04. The predicted molar refractivity (Wildman–Crippen MR) is 125 cm³/mol. The molecule has 0 saturated carbocycles. The van der Waals surface area contributed by atoms with E-state index in [0.29, 0.717) is 0 Å². The van der Waals surface area contributed by atoms with Crippen LogP contribution in [0.1, 0.15) is 38.1 Å². The Morgan fingerprint density at radius 3 is 1.92 bits per heavy atom. The maximum Gasteiger partial charge on any atom is 0.338 e. The van der Waals surface area contributed by atoms with Gasteiger partial charge in [-0.25, -0.2) is 4.79 Å². The van der Waals surface area contributed by atoms with Gasteiger partial charge >= 0.3 is 23.9 Å². The molecule has 0 bridgehead atoms. The Morgan fingerprint density at radius 1 is 0.769 bits per heavy atom. The molecule has 0 aliphatic carbocycles. The molecule has 10 atom stereocenters. The second-order valence-corrected chi connectivity index (χ2v) is 9.04. The molecular weight excluding hydrogens is 524 g/mol. The molecule has 10 unspecified atom stereocenters. The molecule has 3 N–H and O–H groups in total. The largest absolute Gasteiger partial charge is 0.459 e. The van der Waals surface area contributed by atoms with Gasteiger partial charge in [0, 0.05) is 20.8 Å². The Hall–Kier alpha value is -3.14. The number of ether oxygens (including phenoxy) is 7. The molecule has 216 valence electrons. The van der Waals surface area contributed by atoms with Gasteiger partial charge in [-0.1, -0.05) is 18.2 Å². The molecule has 14 nitrogen and oxygen atoms in total. The molecule has 0 amide bonds. The van der Waals surface area contributed by atoms with Crippen LogP contribution in [0.3, 0.4) is 0 Å². The van der Waals surface area contributed by atoms with Gasteiger partial charge in [0.2, 0.25) is 0 Å². The van der Waals surface area contributed by atoms with Crippen molar-refractivity contribution in [1.29, 1.82) is 0 Å². The van der Waals surface area contributed by atoms with E-state index in [4.69, 9.17) is 33.2 Å². The first-order chi connectivity index (χ1) is 18.4. The maximum absolute atomic E-state index is 12.2. The Morgan fingerprint density at radius 2 is 1.33 bits per heavy atom. The van der Waals surface area contributed by atoms with E-state index in [0.717, 1.165) is 20.8 Å². The third-order valence-electron chi connectivity index (χ3n) is 5.98. The lowest BCUT2D eigenvalue weighted by molar-refractivity contribution is -0.359. The molecule has 1 aromatic rings. The molecule has 2 fully saturated rings. The monoisotopic (exact) mass is 556 g/mol. The van der Waals surface area contributed by atoms with Crippen molar-refractivity contribution in [3.8, 4) is 0 Å². The topological polar surface area (TPSA) is 194 Å². The van der Waals surface area contributed by atoms with Crippen LogP contribution >= 0.6 is 0 Å². The van der Waals surface area contributed by atoms with Gasteiger partial charge < -0.3 is 48.5 Å². The zero-order valence-electron chi connectivity index (χ0n) is 21.7. The summed E-state index contributed by atoms with van der Waals surface area (Å²) in [6.07, 6.45) is -14.9. The van der Waals surface area contributed by atoms with Gasteiger partial charge in [0.15, 0.2) is 30.9 Å². The summed E-state index contributed by atoms with van der Waals surface area (Å²) in [5.41, 5.74) is 0.250. The van der Waals surface area contributed by atoms with Crippen molar-refractivity contribution in [2.24, 2.45) is 0 Å². The fourth-order valence-corrected chi connectivity index (χ4v) is 4.26. The molecule has 0 aromatic heterocycles. The summed E-state index contributed by atoms with van der Waals surface area (Å²) < 4.78 is 37.7. The van der Waals surface area contributed by atoms with Crippen molar-refractivity contribution in [3.63, 3.8) is 0 Å². The third-order valence-corrected chi connectivity index (χ3v) is 5.98. The van der Waals surface area contributed by atoms with Gasteiger partial charge in [0.05, 0.1) is 11.7 Å². The molecule has 2 saturated heterocycles. The molecule has 2 aliphatic heterocycles. The minimum Gasteiger partial charge on any atom is -0.459 e. The first kappa shape index (κ1) is 30.4. The number of rotatable bonds is 8. The van der Waals surface area contributed by atoms with Crippen LogP contribution in [-0.2, 0) is 47.5 Å². The first-order valence-electron chi connectivity index (χ1n) is 12.1. The summed E-state index contributed by atoms with van der Waals surface area (Å²) in [6, 6.07) is 8.03. The summed E-state index contributed by atoms with van der Waals surface area (Å²) in [7, 11) is 0. The number of hydrogen-bond donors (Lipinski definition) is 3. The predicted octanol–water partition coefficient (Wildman–Crippen LogP) is -0.792. The van der Waals surface area contributed by atoms with E-state index >= 15 is 0 Å². The average Bonchev–Trinajstić information content (AvgIpc) is 2.87. The number of hydrogen-bond acceptors (Lipinski definition) is 14.